The monoisotopic (exact) mass is 359 g/mol. The van der Waals surface area contributed by atoms with Gasteiger partial charge in [-0.05, 0) is 18.2 Å². The van der Waals surface area contributed by atoms with Gasteiger partial charge in [0.15, 0.2) is 0 Å². The third kappa shape index (κ3) is 2.77. The van der Waals surface area contributed by atoms with E-state index in [4.69, 9.17) is 21.1 Å². The summed E-state index contributed by atoms with van der Waals surface area (Å²) in [5, 5.41) is 4.71. The number of ether oxygens (including phenoxy) is 2. The van der Waals surface area contributed by atoms with Crippen molar-refractivity contribution in [3.63, 3.8) is 0 Å². The van der Waals surface area contributed by atoms with Crippen LogP contribution in [0.15, 0.2) is 55.1 Å². The van der Waals surface area contributed by atoms with Gasteiger partial charge in [-0.2, -0.15) is 5.10 Å². The molecule has 0 radical (unpaired) electrons. The lowest BCUT2D eigenvalue weighted by molar-refractivity contribution is 0.256. The predicted octanol–water partition coefficient (Wildman–Crippen LogP) is 3.75. The molecule has 0 amide bonds. The largest absolute Gasteiger partial charge is 0.497 e. The van der Waals surface area contributed by atoms with Gasteiger partial charge in [0, 0.05) is 22.2 Å². The van der Waals surface area contributed by atoms with Crippen LogP contribution in [-0.2, 0) is 16.9 Å². The molecule has 0 spiro atoms. The van der Waals surface area contributed by atoms with E-state index in [1.54, 1.807) is 29.2 Å². The summed E-state index contributed by atoms with van der Waals surface area (Å²) in [5.74, 6) is 0.0566. The second-order valence-corrected chi connectivity index (χ2v) is 6.25. The molecule has 0 saturated carbocycles. The molecule has 1 aliphatic rings. The summed E-state index contributed by atoms with van der Waals surface area (Å²) in [5.41, 5.74) is 0.364. The maximum absolute atomic E-state index is 14.8. The van der Waals surface area contributed by atoms with E-state index in [1.807, 2.05) is 18.2 Å². The first-order valence-corrected chi connectivity index (χ1v) is 8.10. The van der Waals surface area contributed by atoms with Gasteiger partial charge in [0.25, 0.3) is 0 Å². The molecule has 2 aromatic carbocycles. The van der Waals surface area contributed by atoms with Crippen LogP contribution >= 0.6 is 11.6 Å². The van der Waals surface area contributed by atoms with Gasteiger partial charge in [-0.15, -0.1) is 0 Å². The summed E-state index contributed by atoms with van der Waals surface area (Å²) < 4.78 is 27.5. The summed E-state index contributed by atoms with van der Waals surface area (Å²) >= 11 is 6.31. The zero-order valence-corrected chi connectivity index (χ0v) is 14.2. The Morgan fingerprint density at radius 3 is 2.84 bits per heavy atom. The van der Waals surface area contributed by atoms with Crippen LogP contribution in [0.1, 0.15) is 17.2 Å². The lowest BCUT2D eigenvalue weighted by Gasteiger charge is -2.16. The van der Waals surface area contributed by atoms with E-state index in [2.05, 4.69) is 10.1 Å². The van der Waals surface area contributed by atoms with Crippen molar-refractivity contribution in [2.45, 2.75) is 18.2 Å². The highest BCUT2D eigenvalue weighted by Crippen LogP contribution is 2.59. The van der Waals surface area contributed by atoms with Gasteiger partial charge in [0.2, 0.25) is 0 Å². The Kier molecular flexibility index (Phi) is 3.94. The van der Waals surface area contributed by atoms with Crippen molar-refractivity contribution < 1.29 is 13.9 Å². The van der Waals surface area contributed by atoms with Gasteiger partial charge in [-0.25, -0.2) is 14.1 Å². The van der Waals surface area contributed by atoms with Gasteiger partial charge < -0.3 is 9.47 Å². The minimum atomic E-state index is -0.894. The van der Waals surface area contributed by atoms with Crippen LogP contribution < -0.4 is 4.74 Å². The molecule has 128 valence electrons. The summed E-state index contributed by atoms with van der Waals surface area (Å²) in [6.45, 7) is 0.326. The van der Waals surface area contributed by atoms with Crippen molar-refractivity contribution in [3.8, 4) is 5.75 Å². The van der Waals surface area contributed by atoms with Gasteiger partial charge in [-0.3, -0.25) is 0 Å². The second kappa shape index (κ2) is 6.13. The molecular weight excluding hydrogens is 345 g/mol. The van der Waals surface area contributed by atoms with Crippen molar-refractivity contribution >= 4 is 11.6 Å². The Labute approximate surface area is 149 Å². The molecule has 1 saturated heterocycles. The lowest BCUT2D eigenvalue weighted by Crippen LogP contribution is -2.21. The molecule has 5 nitrogen and oxygen atoms in total. The van der Waals surface area contributed by atoms with E-state index in [9.17, 15) is 4.39 Å². The van der Waals surface area contributed by atoms with E-state index >= 15 is 0 Å². The highest BCUT2D eigenvalue weighted by atomic mass is 35.5. The van der Waals surface area contributed by atoms with E-state index < -0.39 is 11.4 Å². The topological polar surface area (TPSA) is 52.5 Å². The molecule has 0 N–H and O–H groups in total. The molecule has 4 rings (SSSR count). The minimum absolute atomic E-state index is 0.326. The SMILES string of the molecule is COc1ccc([C@@]2(Cn3cncn3)O[C@@H]2c2ccccc2Cl)c(F)c1. The van der Waals surface area contributed by atoms with Crippen molar-refractivity contribution in [3.05, 3.63) is 77.1 Å². The number of rotatable bonds is 5. The van der Waals surface area contributed by atoms with Gasteiger partial charge in [0.1, 0.15) is 35.9 Å². The first-order chi connectivity index (χ1) is 12.1. The zero-order chi connectivity index (χ0) is 17.4. The number of benzene rings is 2. The quantitative estimate of drug-likeness (QED) is 0.651. The fourth-order valence-electron chi connectivity index (χ4n) is 3.11. The lowest BCUT2D eigenvalue weighted by atomic mass is 9.91. The van der Waals surface area contributed by atoms with E-state index in [-0.39, 0.29) is 6.10 Å². The molecule has 2 atom stereocenters. The number of hydrogen-bond acceptors (Lipinski definition) is 4. The Hall–Kier alpha value is -2.44. The Morgan fingerprint density at radius 1 is 1.32 bits per heavy atom. The molecule has 7 heteroatoms. The number of aromatic nitrogens is 3. The Morgan fingerprint density at radius 2 is 2.16 bits per heavy atom. The summed E-state index contributed by atoms with van der Waals surface area (Å²) in [7, 11) is 1.50. The standard InChI is InChI=1S/C18H15ClFN3O2/c1-24-12-6-7-14(16(20)8-12)18(9-23-11-21-10-22-23)17(25-18)13-4-2-3-5-15(13)19/h2-8,10-11,17H,9H2,1H3/t17-,18-/m1/s1. The van der Waals surface area contributed by atoms with Gasteiger partial charge in [-0.1, -0.05) is 29.8 Å². The van der Waals surface area contributed by atoms with Crippen molar-refractivity contribution in [2.75, 3.05) is 7.11 Å². The fraction of sp³-hybridized carbons (Fsp3) is 0.222. The van der Waals surface area contributed by atoms with Gasteiger partial charge >= 0.3 is 0 Å². The molecule has 2 heterocycles. The van der Waals surface area contributed by atoms with Crippen LogP contribution in [0.3, 0.4) is 0 Å². The second-order valence-electron chi connectivity index (χ2n) is 5.85. The summed E-state index contributed by atoms with van der Waals surface area (Å²) in [6.07, 6.45) is 2.65. The molecule has 1 aromatic heterocycles. The number of epoxide rings is 1. The fourth-order valence-corrected chi connectivity index (χ4v) is 3.34. The Bertz CT molecular complexity index is 903. The van der Waals surface area contributed by atoms with Crippen LogP contribution in [-0.4, -0.2) is 21.9 Å². The number of hydrogen-bond donors (Lipinski definition) is 0. The molecule has 25 heavy (non-hydrogen) atoms. The van der Waals surface area contributed by atoms with Gasteiger partial charge in [0.05, 0.1) is 13.7 Å². The van der Waals surface area contributed by atoms with Crippen LogP contribution in [0.4, 0.5) is 4.39 Å². The average molecular weight is 360 g/mol. The van der Waals surface area contributed by atoms with Crippen molar-refractivity contribution in [2.24, 2.45) is 0 Å². The predicted molar refractivity (Wildman–Crippen MR) is 89.9 cm³/mol. The normalized spacial score (nSPS) is 22.0. The van der Waals surface area contributed by atoms with E-state index in [0.717, 1.165) is 5.56 Å². The zero-order valence-electron chi connectivity index (χ0n) is 13.4. The third-order valence-electron chi connectivity index (χ3n) is 4.38. The first kappa shape index (κ1) is 16.1. The maximum Gasteiger partial charge on any atom is 0.147 e. The highest BCUT2D eigenvalue weighted by molar-refractivity contribution is 6.31. The van der Waals surface area contributed by atoms with E-state index in [0.29, 0.717) is 22.9 Å². The number of methoxy groups -OCH3 is 1. The van der Waals surface area contributed by atoms with Crippen molar-refractivity contribution in [1.82, 2.24) is 14.8 Å². The van der Waals surface area contributed by atoms with E-state index in [1.165, 1.54) is 19.5 Å². The summed E-state index contributed by atoms with van der Waals surface area (Å²) in [6, 6.07) is 12.2. The summed E-state index contributed by atoms with van der Waals surface area (Å²) in [4.78, 5) is 3.95. The molecule has 3 aromatic rings. The van der Waals surface area contributed by atoms with Crippen LogP contribution in [0.5, 0.6) is 5.75 Å². The van der Waals surface area contributed by atoms with Crippen LogP contribution in [0, 0.1) is 5.82 Å². The Balaban J connectivity index is 1.77. The third-order valence-corrected chi connectivity index (χ3v) is 4.72. The van der Waals surface area contributed by atoms with Crippen molar-refractivity contribution in [1.29, 1.82) is 0 Å². The maximum atomic E-state index is 14.8. The molecule has 0 unspecified atom stereocenters. The number of halogens is 2. The molecular formula is C18H15ClFN3O2. The average Bonchev–Trinajstić information content (AvgIpc) is 3.08. The van der Waals surface area contributed by atoms with Crippen LogP contribution in [0.2, 0.25) is 5.02 Å². The van der Waals surface area contributed by atoms with Crippen LogP contribution in [0.25, 0.3) is 0 Å². The first-order valence-electron chi connectivity index (χ1n) is 7.73. The highest BCUT2D eigenvalue weighted by Gasteiger charge is 2.60. The number of nitrogens with zero attached hydrogens (tertiary/aromatic N) is 3. The molecule has 1 aliphatic heterocycles. The smallest absolute Gasteiger partial charge is 0.147 e. The molecule has 0 bridgehead atoms. The minimum Gasteiger partial charge on any atom is -0.497 e. The molecule has 1 fully saturated rings. The molecule has 0 aliphatic carbocycles.